The van der Waals surface area contributed by atoms with Crippen LogP contribution in [0.2, 0.25) is 0 Å². The highest BCUT2D eigenvalue weighted by Crippen LogP contribution is 2.22. The Bertz CT molecular complexity index is 569. The van der Waals surface area contributed by atoms with Crippen LogP contribution in [0.25, 0.3) is 0 Å². The third kappa shape index (κ3) is 2.88. The van der Waals surface area contributed by atoms with Gasteiger partial charge in [0.2, 0.25) is 0 Å². The van der Waals surface area contributed by atoms with Gasteiger partial charge in [-0.1, -0.05) is 15.9 Å². The molecular formula is C12H12BrN3OS. The fourth-order valence-electron chi connectivity index (χ4n) is 1.53. The minimum Gasteiger partial charge on any atom is -0.398 e. The van der Waals surface area contributed by atoms with Crippen molar-refractivity contribution in [2.45, 2.75) is 13.5 Å². The quantitative estimate of drug-likeness (QED) is 0.852. The lowest BCUT2D eigenvalue weighted by atomic mass is 10.1. The molecule has 0 bridgehead atoms. The number of thiazole rings is 1. The first-order chi connectivity index (χ1) is 8.58. The van der Waals surface area contributed by atoms with E-state index in [1.54, 1.807) is 23.8 Å². The van der Waals surface area contributed by atoms with Crippen molar-refractivity contribution in [3.8, 4) is 0 Å². The summed E-state index contributed by atoms with van der Waals surface area (Å²) in [5.41, 5.74) is 9.56. The second-order valence-electron chi connectivity index (χ2n) is 3.82. The Balaban J connectivity index is 2.14. The molecule has 0 spiro atoms. The number of hydrogen-bond acceptors (Lipinski definition) is 4. The predicted molar refractivity (Wildman–Crippen MR) is 76.6 cm³/mol. The van der Waals surface area contributed by atoms with E-state index in [2.05, 4.69) is 26.2 Å². The van der Waals surface area contributed by atoms with Gasteiger partial charge in [0.05, 0.1) is 12.1 Å². The summed E-state index contributed by atoms with van der Waals surface area (Å²) in [6.07, 6.45) is 1.74. The summed E-state index contributed by atoms with van der Waals surface area (Å²) in [7, 11) is 0. The highest BCUT2D eigenvalue weighted by Gasteiger charge is 2.12. The number of rotatable bonds is 3. The molecule has 0 aliphatic heterocycles. The zero-order valence-corrected chi connectivity index (χ0v) is 12.1. The zero-order chi connectivity index (χ0) is 13.1. The van der Waals surface area contributed by atoms with Gasteiger partial charge in [-0.25, -0.2) is 0 Å². The molecule has 0 saturated carbocycles. The van der Waals surface area contributed by atoms with E-state index in [9.17, 15) is 4.79 Å². The van der Waals surface area contributed by atoms with Gasteiger partial charge in [0.1, 0.15) is 0 Å². The van der Waals surface area contributed by atoms with Crippen LogP contribution in [0.3, 0.4) is 0 Å². The average Bonchev–Trinajstić information content (AvgIpc) is 2.83. The van der Waals surface area contributed by atoms with Gasteiger partial charge >= 0.3 is 0 Å². The van der Waals surface area contributed by atoms with Crippen LogP contribution in [-0.4, -0.2) is 10.9 Å². The maximum atomic E-state index is 12.1. The SMILES string of the molecule is Cc1c(N)cc(Br)cc1C(=O)NCc1cncs1. The maximum Gasteiger partial charge on any atom is 0.251 e. The number of halogens is 1. The molecule has 2 aromatic rings. The van der Waals surface area contributed by atoms with Gasteiger partial charge in [0.15, 0.2) is 0 Å². The van der Waals surface area contributed by atoms with Gasteiger partial charge in [-0.15, -0.1) is 11.3 Å². The first-order valence-electron chi connectivity index (χ1n) is 5.29. The van der Waals surface area contributed by atoms with Crippen molar-refractivity contribution < 1.29 is 4.79 Å². The number of nitrogens with zero attached hydrogens (tertiary/aromatic N) is 1. The lowest BCUT2D eigenvalue weighted by molar-refractivity contribution is 0.0950. The van der Waals surface area contributed by atoms with Crippen LogP contribution < -0.4 is 11.1 Å². The summed E-state index contributed by atoms with van der Waals surface area (Å²) in [5, 5.41) is 2.85. The molecule has 0 aliphatic rings. The van der Waals surface area contributed by atoms with E-state index < -0.39 is 0 Å². The number of aromatic nitrogens is 1. The van der Waals surface area contributed by atoms with Crippen LogP contribution >= 0.6 is 27.3 Å². The highest BCUT2D eigenvalue weighted by atomic mass is 79.9. The zero-order valence-electron chi connectivity index (χ0n) is 9.74. The molecule has 0 aliphatic carbocycles. The first-order valence-corrected chi connectivity index (χ1v) is 6.96. The van der Waals surface area contributed by atoms with Crippen molar-refractivity contribution in [1.82, 2.24) is 10.3 Å². The molecule has 2 rings (SSSR count). The Morgan fingerprint density at radius 1 is 1.56 bits per heavy atom. The predicted octanol–water partition coefficient (Wildman–Crippen LogP) is 2.73. The minimum absolute atomic E-state index is 0.131. The second-order valence-corrected chi connectivity index (χ2v) is 5.70. The second kappa shape index (κ2) is 5.49. The molecule has 1 heterocycles. The van der Waals surface area contributed by atoms with E-state index in [-0.39, 0.29) is 5.91 Å². The summed E-state index contributed by atoms with van der Waals surface area (Å²) in [6.45, 7) is 2.32. The third-order valence-electron chi connectivity index (χ3n) is 2.56. The van der Waals surface area contributed by atoms with Gasteiger partial charge in [-0.05, 0) is 24.6 Å². The lowest BCUT2D eigenvalue weighted by Gasteiger charge is -2.09. The molecule has 0 saturated heterocycles. The Kier molecular flexibility index (Phi) is 3.98. The van der Waals surface area contributed by atoms with Crippen LogP contribution in [0.15, 0.2) is 28.3 Å². The summed E-state index contributed by atoms with van der Waals surface area (Å²) in [5.74, 6) is -0.131. The van der Waals surface area contributed by atoms with Crippen LogP contribution in [0.1, 0.15) is 20.8 Å². The number of hydrogen-bond donors (Lipinski definition) is 2. The van der Waals surface area contributed by atoms with Gasteiger partial charge in [-0.2, -0.15) is 0 Å². The Morgan fingerprint density at radius 2 is 2.33 bits per heavy atom. The van der Waals surface area contributed by atoms with Gasteiger partial charge in [-0.3, -0.25) is 9.78 Å². The molecule has 1 amide bonds. The van der Waals surface area contributed by atoms with E-state index in [1.165, 1.54) is 11.3 Å². The lowest BCUT2D eigenvalue weighted by Crippen LogP contribution is -2.23. The molecule has 0 unspecified atom stereocenters. The summed E-state index contributed by atoms with van der Waals surface area (Å²) >= 11 is 4.85. The number of nitrogen functional groups attached to an aromatic ring is 1. The Hall–Kier alpha value is -1.40. The molecular weight excluding hydrogens is 314 g/mol. The van der Waals surface area contributed by atoms with Gasteiger partial charge < -0.3 is 11.1 Å². The van der Waals surface area contributed by atoms with E-state index in [1.807, 2.05) is 6.92 Å². The van der Waals surface area contributed by atoms with Crippen LogP contribution in [0, 0.1) is 6.92 Å². The fourth-order valence-corrected chi connectivity index (χ4v) is 2.54. The normalized spacial score (nSPS) is 10.3. The van der Waals surface area contributed by atoms with Crippen LogP contribution in [-0.2, 0) is 6.54 Å². The standard InChI is InChI=1S/C12H12BrN3OS/c1-7-10(2-8(13)3-11(7)14)12(17)16-5-9-4-15-6-18-9/h2-4,6H,5,14H2,1H3,(H,16,17). The van der Waals surface area contributed by atoms with Gasteiger partial charge in [0.25, 0.3) is 5.91 Å². The summed E-state index contributed by atoms with van der Waals surface area (Å²) in [4.78, 5) is 17.0. The molecule has 1 aromatic carbocycles. The minimum atomic E-state index is -0.131. The van der Waals surface area contributed by atoms with Crippen molar-refractivity contribution in [2.24, 2.45) is 0 Å². The van der Waals surface area contributed by atoms with Crippen molar-refractivity contribution in [2.75, 3.05) is 5.73 Å². The molecule has 0 fully saturated rings. The topological polar surface area (TPSA) is 68.0 Å². The van der Waals surface area contributed by atoms with Crippen molar-refractivity contribution in [3.63, 3.8) is 0 Å². The summed E-state index contributed by atoms with van der Waals surface area (Å²) in [6, 6.07) is 3.56. The smallest absolute Gasteiger partial charge is 0.251 e. The Morgan fingerprint density at radius 3 is 3.00 bits per heavy atom. The number of nitrogens with two attached hydrogens (primary N) is 1. The monoisotopic (exact) mass is 325 g/mol. The van der Waals surface area contributed by atoms with Crippen LogP contribution in [0.5, 0.6) is 0 Å². The number of benzene rings is 1. The summed E-state index contributed by atoms with van der Waals surface area (Å²) < 4.78 is 0.800. The maximum absolute atomic E-state index is 12.1. The number of carbonyl (C=O) groups is 1. The van der Waals surface area contributed by atoms with Gasteiger partial charge in [0, 0.05) is 26.8 Å². The first kappa shape index (κ1) is 13.0. The van der Waals surface area contributed by atoms with E-state index in [0.29, 0.717) is 17.8 Å². The van der Waals surface area contributed by atoms with E-state index >= 15 is 0 Å². The number of carbonyl (C=O) groups excluding carboxylic acids is 1. The molecule has 94 valence electrons. The van der Waals surface area contributed by atoms with Crippen LogP contribution in [0.4, 0.5) is 5.69 Å². The molecule has 0 radical (unpaired) electrons. The fraction of sp³-hybridized carbons (Fsp3) is 0.167. The van der Waals surface area contributed by atoms with Crippen molar-refractivity contribution >= 4 is 38.9 Å². The number of nitrogens with one attached hydrogen (secondary N) is 1. The number of amides is 1. The van der Waals surface area contributed by atoms with Crippen molar-refractivity contribution in [1.29, 1.82) is 0 Å². The number of anilines is 1. The molecule has 3 N–H and O–H groups in total. The molecule has 4 nitrogen and oxygen atoms in total. The third-order valence-corrected chi connectivity index (χ3v) is 3.80. The molecule has 1 aromatic heterocycles. The van der Waals surface area contributed by atoms with E-state index in [0.717, 1.165) is 14.9 Å². The van der Waals surface area contributed by atoms with Crippen molar-refractivity contribution in [3.05, 3.63) is 44.3 Å². The Labute approximate surface area is 117 Å². The largest absolute Gasteiger partial charge is 0.398 e. The molecule has 18 heavy (non-hydrogen) atoms. The van der Waals surface area contributed by atoms with E-state index in [4.69, 9.17) is 5.73 Å². The average molecular weight is 326 g/mol. The molecule has 6 heteroatoms. The highest BCUT2D eigenvalue weighted by molar-refractivity contribution is 9.10. The molecule has 0 atom stereocenters.